The molecular weight excluding hydrogens is 450 g/mol. The number of anilines is 2. The molecule has 7 heteroatoms. The highest BCUT2D eigenvalue weighted by Crippen LogP contribution is 2.30. The molecule has 4 aromatic rings. The van der Waals surface area contributed by atoms with E-state index < -0.39 is 0 Å². The van der Waals surface area contributed by atoms with E-state index in [4.69, 9.17) is 9.94 Å². The van der Waals surface area contributed by atoms with Gasteiger partial charge in [0, 0.05) is 42.6 Å². The van der Waals surface area contributed by atoms with Gasteiger partial charge in [0.15, 0.2) is 0 Å². The van der Waals surface area contributed by atoms with Gasteiger partial charge in [-0.3, -0.25) is 4.90 Å². The van der Waals surface area contributed by atoms with Crippen molar-refractivity contribution >= 4 is 28.1 Å². The van der Waals surface area contributed by atoms with Crippen LogP contribution < -0.4 is 10.1 Å². The molecule has 3 aromatic carbocycles. The summed E-state index contributed by atoms with van der Waals surface area (Å²) in [6.07, 6.45) is 3.15. The molecule has 7 nitrogen and oxygen atoms in total. The van der Waals surface area contributed by atoms with Gasteiger partial charge >= 0.3 is 0 Å². The molecule has 0 unspecified atom stereocenters. The van der Waals surface area contributed by atoms with Gasteiger partial charge in [-0.15, -0.1) is 0 Å². The van der Waals surface area contributed by atoms with Crippen LogP contribution in [0.4, 0.5) is 11.5 Å². The lowest BCUT2D eigenvalue weighted by Gasteiger charge is -2.24. The summed E-state index contributed by atoms with van der Waals surface area (Å²) in [6.45, 7) is 4.43. The predicted octanol–water partition coefficient (Wildman–Crippen LogP) is 5.75. The number of hydrogen-bond donors (Lipinski definition) is 2. The molecule has 0 radical (unpaired) electrons. The molecule has 0 atom stereocenters. The maximum atomic E-state index is 8.90. The van der Waals surface area contributed by atoms with Crippen LogP contribution in [0.25, 0.3) is 10.9 Å². The van der Waals surface area contributed by atoms with Gasteiger partial charge in [-0.1, -0.05) is 35.2 Å². The number of nitrogens with one attached hydrogen (secondary N) is 1. The van der Waals surface area contributed by atoms with Crippen molar-refractivity contribution in [1.29, 1.82) is 0 Å². The lowest BCUT2D eigenvalue weighted by Crippen LogP contribution is -2.34. The average Bonchev–Trinajstić information content (AvgIpc) is 2.91. The minimum atomic E-state index is 0.684. The van der Waals surface area contributed by atoms with Gasteiger partial charge in [-0.2, -0.15) is 0 Å². The normalized spacial score (nSPS) is 13.6. The van der Waals surface area contributed by atoms with Crippen molar-refractivity contribution in [3.63, 3.8) is 0 Å². The predicted molar refractivity (Wildman–Crippen MR) is 142 cm³/mol. The first-order valence-corrected chi connectivity index (χ1v) is 11.9. The standard InChI is InChI=1S/C29H27N5O2/c1-21-18-24(10-12-28(21)36-25-7-3-2-4-8-25)32-29-26-19-22(9-11-27(26)30-20-31-29)6-5-15-34-16-13-23(33-35)14-17-34/h2-4,7-12,18-20,35H,13-17H2,1H3,(H,30,31,32). The summed E-state index contributed by atoms with van der Waals surface area (Å²) in [5.74, 6) is 8.88. The Labute approximate surface area is 210 Å². The molecule has 0 saturated carbocycles. The van der Waals surface area contributed by atoms with Gasteiger partial charge in [0.05, 0.1) is 17.8 Å². The van der Waals surface area contributed by atoms with E-state index in [9.17, 15) is 0 Å². The van der Waals surface area contributed by atoms with Crippen LogP contribution in [0.15, 0.2) is 78.2 Å². The Bertz CT molecular complexity index is 1450. The molecule has 0 spiro atoms. The fourth-order valence-electron chi connectivity index (χ4n) is 4.15. The first kappa shape index (κ1) is 23.3. The fraction of sp³-hybridized carbons (Fsp3) is 0.207. The van der Waals surface area contributed by atoms with Gasteiger partial charge < -0.3 is 15.3 Å². The minimum Gasteiger partial charge on any atom is -0.457 e. The van der Waals surface area contributed by atoms with Crippen LogP contribution in [0.5, 0.6) is 11.5 Å². The second-order valence-corrected chi connectivity index (χ2v) is 8.72. The Balaban J connectivity index is 1.31. The van der Waals surface area contributed by atoms with E-state index in [-0.39, 0.29) is 0 Å². The lowest BCUT2D eigenvalue weighted by atomic mass is 10.1. The third-order valence-corrected chi connectivity index (χ3v) is 6.15. The van der Waals surface area contributed by atoms with Crippen molar-refractivity contribution in [2.45, 2.75) is 19.8 Å². The first-order chi connectivity index (χ1) is 17.7. The maximum absolute atomic E-state index is 8.90. The highest BCUT2D eigenvalue weighted by molar-refractivity contribution is 5.91. The second kappa shape index (κ2) is 10.9. The SMILES string of the molecule is Cc1cc(Nc2ncnc3ccc(C#CCN4CCC(=NO)CC4)cc23)ccc1Oc1ccccc1. The average molecular weight is 478 g/mol. The second-order valence-electron chi connectivity index (χ2n) is 8.72. The Hall–Kier alpha value is -4.41. The van der Waals surface area contributed by atoms with E-state index in [1.807, 2.05) is 73.7 Å². The number of para-hydroxylation sites is 1. The number of likely N-dealkylation sites (tertiary alicyclic amines) is 1. The minimum absolute atomic E-state index is 0.684. The monoisotopic (exact) mass is 477 g/mol. The van der Waals surface area contributed by atoms with Crippen LogP contribution in [0.1, 0.15) is 24.0 Å². The Morgan fingerprint density at radius 1 is 1.03 bits per heavy atom. The number of fused-ring (bicyclic) bond motifs is 1. The number of aryl methyl sites for hydroxylation is 1. The van der Waals surface area contributed by atoms with E-state index in [1.165, 1.54) is 0 Å². The topological polar surface area (TPSA) is 82.9 Å². The first-order valence-electron chi connectivity index (χ1n) is 11.9. The van der Waals surface area contributed by atoms with Crippen molar-refractivity contribution in [3.05, 3.63) is 84.2 Å². The number of ether oxygens (including phenoxy) is 1. The summed E-state index contributed by atoms with van der Waals surface area (Å²) in [5, 5.41) is 16.6. The molecule has 0 amide bonds. The van der Waals surface area contributed by atoms with E-state index in [2.05, 4.69) is 37.2 Å². The van der Waals surface area contributed by atoms with E-state index >= 15 is 0 Å². The van der Waals surface area contributed by atoms with Gasteiger partial charge in [-0.05, 0) is 61.0 Å². The Morgan fingerprint density at radius 2 is 1.86 bits per heavy atom. The van der Waals surface area contributed by atoms with Crippen molar-refractivity contribution in [2.75, 3.05) is 25.0 Å². The molecular formula is C29H27N5O2. The zero-order valence-electron chi connectivity index (χ0n) is 20.1. The molecule has 1 aliphatic heterocycles. The summed E-state index contributed by atoms with van der Waals surface area (Å²) >= 11 is 0. The van der Waals surface area contributed by atoms with Crippen LogP contribution in [0, 0.1) is 18.8 Å². The molecule has 180 valence electrons. The summed E-state index contributed by atoms with van der Waals surface area (Å²) in [6, 6.07) is 21.7. The molecule has 36 heavy (non-hydrogen) atoms. The van der Waals surface area contributed by atoms with Crippen LogP contribution in [-0.4, -0.2) is 45.4 Å². The molecule has 1 aliphatic rings. The van der Waals surface area contributed by atoms with Crippen LogP contribution >= 0.6 is 0 Å². The smallest absolute Gasteiger partial charge is 0.141 e. The van der Waals surface area contributed by atoms with Gasteiger partial charge in [-0.25, -0.2) is 9.97 Å². The van der Waals surface area contributed by atoms with Crippen LogP contribution in [0.2, 0.25) is 0 Å². The molecule has 1 saturated heterocycles. The molecule has 0 aliphatic carbocycles. The summed E-state index contributed by atoms with van der Waals surface area (Å²) in [7, 11) is 0. The number of aromatic nitrogens is 2. The number of benzene rings is 3. The van der Waals surface area contributed by atoms with Crippen LogP contribution in [-0.2, 0) is 0 Å². The third kappa shape index (κ3) is 5.62. The summed E-state index contributed by atoms with van der Waals surface area (Å²) in [5.41, 5.74) is 4.56. The van der Waals surface area contributed by atoms with Crippen molar-refractivity contribution in [1.82, 2.24) is 14.9 Å². The number of piperidine rings is 1. The van der Waals surface area contributed by atoms with E-state index in [0.29, 0.717) is 6.54 Å². The van der Waals surface area contributed by atoms with Crippen LogP contribution in [0.3, 0.4) is 0 Å². The number of oxime groups is 1. The summed E-state index contributed by atoms with van der Waals surface area (Å²) < 4.78 is 6.00. The zero-order valence-corrected chi connectivity index (χ0v) is 20.1. The Morgan fingerprint density at radius 3 is 2.64 bits per heavy atom. The molecule has 2 heterocycles. The van der Waals surface area contributed by atoms with Crippen molar-refractivity contribution in [2.24, 2.45) is 5.16 Å². The molecule has 2 N–H and O–H groups in total. The van der Waals surface area contributed by atoms with Gasteiger partial charge in [0.2, 0.25) is 0 Å². The fourth-order valence-corrected chi connectivity index (χ4v) is 4.15. The largest absolute Gasteiger partial charge is 0.457 e. The van der Waals surface area contributed by atoms with E-state index in [1.54, 1.807) is 6.33 Å². The number of nitrogens with zero attached hydrogens (tertiary/aromatic N) is 4. The lowest BCUT2D eigenvalue weighted by molar-refractivity contribution is 0.285. The molecule has 0 bridgehead atoms. The zero-order chi connectivity index (χ0) is 24.7. The van der Waals surface area contributed by atoms with Crippen molar-refractivity contribution < 1.29 is 9.94 Å². The highest BCUT2D eigenvalue weighted by atomic mass is 16.5. The number of hydrogen-bond acceptors (Lipinski definition) is 7. The highest BCUT2D eigenvalue weighted by Gasteiger charge is 2.14. The number of rotatable bonds is 5. The van der Waals surface area contributed by atoms with Gasteiger partial charge in [0.25, 0.3) is 0 Å². The summed E-state index contributed by atoms with van der Waals surface area (Å²) in [4.78, 5) is 11.2. The molecule has 1 fully saturated rings. The quantitative estimate of drug-likeness (QED) is 0.216. The molecule has 1 aromatic heterocycles. The van der Waals surface area contributed by atoms with Crippen molar-refractivity contribution in [3.8, 4) is 23.3 Å². The maximum Gasteiger partial charge on any atom is 0.141 e. The Kier molecular flexibility index (Phi) is 7.06. The van der Waals surface area contributed by atoms with Gasteiger partial charge in [0.1, 0.15) is 23.6 Å². The van der Waals surface area contributed by atoms with E-state index in [0.717, 1.165) is 76.7 Å². The third-order valence-electron chi connectivity index (χ3n) is 6.15. The molecule has 5 rings (SSSR count).